The summed E-state index contributed by atoms with van der Waals surface area (Å²) in [7, 11) is 0. The van der Waals surface area contributed by atoms with Crippen LogP contribution in [0.2, 0.25) is 0 Å². The van der Waals surface area contributed by atoms with Gasteiger partial charge in [0.1, 0.15) is 11.6 Å². The normalized spacial score (nSPS) is 23.5. The van der Waals surface area contributed by atoms with E-state index in [0.717, 1.165) is 55.0 Å². The smallest absolute Gasteiger partial charge is 0.127 e. The van der Waals surface area contributed by atoms with Crippen molar-refractivity contribution in [2.24, 2.45) is 5.92 Å². The monoisotopic (exact) mass is 385 g/mol. The van der Waals surface area contributed by atoms with Crippen LogP contribution in [0.4, 0.5) is 4.39 Å². The van der Waals surface area contributed by atoms with E-state index < -0.39 is 0 Å². The topological polar surface area (TPSA) is 39.7 Å². The highest BCUT2D eigenvalue weighted by Crippen LogP contribution is 2.33. The van der Waals surface area contributed by atoms with Gasteiger partial charge in [-0.1, -0.05) is 24.3 Å². The van der Waals surface area contributed by atoms with Gasteiger partial charge in [0.15, 0.2) is 0 Å². The minimum absolute atomic E-state index is 0.0413. The lowest BCUT2D eigenvalue weighted by molar-refractivity contribution is -0.000215. The zero-order valence-corrected chi connectivity index (χ0v) is 16.3. The predicted octanol–water partition coefficient (Wildman–Crippen LogP) is 4.35. The molecule has 2 aliphatic heterocycles. The summed E-state index contributed by atoms with van der Waals surface area (Å²) in [5, 5.41) is 3.44. The molecule has 2 saturated heterocycles. The number of halogens is 1. The Morgan fingerprint density at radius 1 is 1.07 bits per heavy atom. The maximum Gasteiger partial charge on any atom is 0.127 e. The number of hydrogen-bond acceptors (Lipinski definition) is 4. The van der Waals surface area contributed by atoms with Crippen molar-refractivity contribution in [2.45, 2.75) is 31.9 Å². The number of ether oxygens (including phenoxy) is 3. The van der Waals surface area contributed by atoms with E-state index in [1.54, 1.807) is 12.1 Å². The first-order valence-electron chi connectivity index (χ1n) is 10.2. The lowest BCUT2D eigenvalue weighted by atomic mass is 9.97. The molecule has 4 rings (SSSR count). The van der Waals surface area contributed by atoms with Crippen molar-refractivity contribution in [2.75, 3.05) is 33.0 Å². The van der Waals surface area contributed by atoms with Gasteiger partial charge in [0.05, 0.1) is 19.3 Å². The third-order valence-electron chi connectivity index (χ3n) is 5.63. The predicted molar refractivity (Wildman–Crippen MR) is 107 cm³/mol. The van der Waals surface area contributed by atoms with Gasteiger partial charge >= 0.3 is 0 Å². The van der Waals surface area contributed by atoms with E-state index in [1.807, 2.05) is 12.1 Å². The summed E-state index contributed by atoms with van der Waals surface area (Å²) < 4.78 is 31.4. The molecule has 0 spiro atoms. The quantitative estimate of drug-likeness (QED) is 0.831. The third kappa shape index (κ3) is 4.54. The van der Waals surface area contributed by atoms with Gasteiger partial charge in [-0.2, -0.15) is 0 Å². The second-order valence-electron chi connectivity index (χ2n) is 7.66. The van der Waals surface area contributed by atoms with E-state index >= 15 is 0 Å². The molecule has 2 aliphatic rings. The van der Waals surface area contributed by atoms with Gasteiger partial charge in [-0.25, -0.2) is 4.39 Å². The first-order chi connectivity index (χ1) is 13.7. The molecule has 0 saturated carbocycles. The first-order valence-corrected chi connectivity index (χ1v) is 10.2. The first kappa shape index (κ1) is 19.4. The van der Waals surface area contributed by atoms with Crippen LogP contribution in [0.3, 0.4) is 0 Å². The van der Waals surface area contributed by atoms with Crippen molar-refractivity contribution >= 4 is 0 Å². The molecule has 2 aromatic carbocycles. The molecule has 5 heteroatoms. The van der Waals surface area contributed by atoms with Gasteiger partial charge in [0.25, 0.3) is 0 Å². The molecule has 2 fully saturated rings. The maximum absolute atomic E-state index is 13.9. The fraction of sp³-hybridized carbons (Fsp3) is 0.478. The van der Waals surface area contributed by atoms with Crippen LogP contribution in [-0.4, -0.2) is 39.0 Å². The van der Waals surface area contributed by atoms with Crippen molar-refractivity contribution in [3.05, 3.63) is 53.8 Å². The van der Waals surface area contributed by atoms with Crippen LogP contribution in [0.1, 0.15) is 31.4 Å². The standard InChI is InChI=1S/C23H28FNO3/c1-16-23(27-13-10-25-16)19-4-2-18(3-5-19)21-14-20(24)6-7-22(21)28-15-17-8-11-26-12-9-17/h2-7,14,16-17,23,25H,8-13,15H2,1H3/t16-,23+/m0/s1. The van der Waals surface area contributed by atoms with Gasteiger partial charge in [-0.05, 0) is 55.0 Å². The fourth-order valence-electron chi connectivity index (χ4n) is 3.94. The molecule has 0 amide bonds. The molecule has 28 heavy (non-hydrogen) atoms. The Balaban J connectivity index is 1.51. The molecule has 0 radical (unpaired) electrons. The molecular weight excluding hydrogens is 357 g/mol. The largest absolute Gasteiger partial charge is 0.493 e. The summed E-state index contributed by atoms with van der Waals surface area (Å²) in [6.07, 6.45) is 2.07. The summed E-state index contributed by atoms with van der Waals surface area (Å²) in [6.45, 7) is 5.95. The second kappa shape index (κ2) is 9.03. The van der Waals surface area contributed by atoms with Crippen LogP contribution in [0, 0.1) is 11.7 Å². The SMILES string of the molecule is C[C@@H]1NCCO[C@H]1c1ccc(-c2cc(F)ccc2OCC2CCOCC2)cc1. The van der Waals surface area contributed by atoms with Gasteiger partial charge in [-0.15, -0.1) is 0 Å². The zero-order chi connectivity index (χ0) is 19.3. The van der Waals surface area contributed by atoms with Crippen LogP contribution in [0.25, 0.3) is 11.1 Å². The average Bonchev–Trinajstić information content (AvgIpc) is 2.74. The molecule has 0 aliphatic carbocycles. The number of benzene rings is 2. The minimum Gasteiger partial charge on any atom is -0.493 e. The lowest BCUT2D eigenvalue weighted by Gasteiger charge is -2.30. The fourth-order valence-corrected chi connectivity index (χ4v) is 3.94. The zero-order valence-electron chi connectivity index (χ0n) is 16.3. The summed E-state index contributed by atoms with van der Waals surface area (Å²) in [4.78, 5) is 0. The van der Waals surface area contributed by atoms with Crippen LogP contribution in [0.5, 0.6) is 5.75 Å². The third-order valence-corrected chi connectivity index (χ3v) is 5.63. The molecule has 2 aromatic rings. The molecule has 0 aromatic heterocycles. The van der Waals surface area contributed by atoms with Gasteiger partial charge < -0.3 is 19.5 Å². The van der Waals surface area contributed by atoms with E-state index in [9.17, 15) is 4.39 Å². The Kier molecular flexibility index (Phi) is 6.25. The molecular formula is C23H28FNO3. The van der Waals surface area contributed by atoms with Crippen molar-refractivity contribution in [3.8, 4) is 16.9 Å². The van der Waals surface area contributed by atoms with E-state index in [2.05, 4.69) is 24.4 Å². The van der Waals surface area contributed by atoms with Crippen LogP contribution in [-0.2, 0) is 9.47 Å². The van der Waals surface area contributed by atoms with E-state index in [-0.39, 0.29) is 18.0 Å². The molecule has 150 valence electrons. The van der Waals surface area contributed by atoms with Crippen molar-refractivity contribution < 1.29 is 18.6 Å². The van der Waals surface area contributed by atoms with E-state index in [1.165, 1.54) is 6.07 Å². The van der Waals surface area contributed by atoms with Crippen molar-refractivity contribution in [1.82, 2.24) is 5.32 Å². The second-order valence-corrected chi connectivity index (χ2v) is 7.66. The Hall–Kier alpha value is -1.95. The summed E-state index contributed by atoms with van der Waals surface area (Å²) in [5.74, 6) is 0.960. The lowest BCUT2D eigenvalue weighted by Crippen LogP contribution is -2.41. The van der Waals surface area contributed by atoms with Gasteiger partial charge in [0.2, 0.25) is 0 Å². The number of morpholine rings is 1. The minimum atomic E-state index is -0.258. The molecule has 4 nitrogen and oxygen atoms in total. The Morgan fingerprint density at radius 3 is 2.61 bits per heavy atom. The van der Waals surface area contributed by atoms with Crippen molar-refractivity contribution in [1.29, 1.82) is 0 Å². The molecule has 2 atom stereocenters. The van der Waals surface area contributed by atoms with Crippen molar-refractivity contribution in [3.63, 3.8) is 0 Å². The highest BCUT2D eigenvalue weighted by molar-refractivity contribution is 5.70. The summed E-state index contributed by atoms with van der Waals surface area (Å²) in [6, 6.07) is 13.2. The van der Waals surface area contributed by atoms with Gasteiger partial charge in [0, 0.05) is 31.4 Å². The molecule has 0 unspecified atom stereocenters. The number of nitrogens with one attached hydrogen (secondary N) is 1. The Labute approximate surface area is 166 Å². The Bertz CT molecular complexity index is 774. The molecule has 1 N–H and O–H groups in total. The van der Waals surface area contributed by atoms with Crippen LogP contribution >= 0.6 is 0 Å². The van der Waals surface area contributed by atoms with E-state index in [4.69, 9.17) is 14.2 Å². The number of hydrogen-bond donors (Lipinski definition) is 1. The summed E-state index contributed by atoms with van der Waals surface area (Å²) in [5.41, 5.74) is 2.86. The maximum atomic E-state index is 13.9. The van der Waals surface area contributed by atoms with Crippen LogP contribution < -0.4 is 10.1 Å². The van der Waals surface area contributed by atoms with E-state index in [0.29, 0.717) is 19.1 Å². The number of rotatable bonds is 5. The molecule has 2 heterocycles. The average molecular weight is 385 g/mol. The van der Waals surface area contributed by atoms with Crippen LogP contribution in [0.15, 0.2) is 42.5 Å². The molecule has 0 bridgehead atoms. The Morgan fingerprint density at radius 2 is 1.86 bits per heavy atom. The van der Waals surface area contributed by atoms with Gasteiger partial charge in [-0.3, -0.25) is 0 Å². The highest BCUT2D eigenvalue weighted by atomic mass is 19.1. The highest BCUT2D eigenvalue weighted by Gasteiger charge is 2.23. The summed E-state index contributed by atoms with van der Waals surface area (Å²) >= 11 is 0.